The van der Waals surface area contributed by atoms with E-state index in [1.54, 1.807) is 12.1 Å². The number of likely N-dealkylation sites (tertiary alicyclic amines) is 1. The highest BCUT2D eigenvalue weighted by molar-refractivity contribution is 6.32. The molecule has 1 amide bonds. The van der Waals surface area contributed by atoms with E-state index in [0.29, 0.717) is 22.2 Å². The number of carbonyl (C=O) groups is 1. The molecule has 0 saturated carbocycles. The van der Waals surface area contributed by atoms with Gasteiger partial charge in [-0.25, -0.2) is 0 Å². The number of halogens is 1. The van der Waals surface area contributed by atoms with E-state index >= 15 is 0 Å². The first-order valence-corrected chi connectivity index (χ1v) is 7.41. The lowest BCUT2D eigenvalue weighted by molar-refractivity contribution is -0.163. The van der Waals surface area contributed by atoms with Crippen LogP contribution in [0.5, 0.6) is 0 Å². The van der Waals surface area contributed by atoms with Crippen molar-refractivity contribution in [3.05, 3.63) is 28.3 Å². The van der Waals surface area contributed by atoms with Crippen molar-refractivity contribution in [3.63, 3.8) is 0 Å². The van der Waals surface area contributed by atoms with Gasteiger partial charge in [0.15, 0.2) is 0 Å². The predicted octanol–water partition coefficient (Wildman–Crippen LogP) is 2.48. The number of hydrogen-bond donors (Lipinski definition) is 2. The molecule has 20 heavy (non-hydrogen) atoms. The summed E-state index contributed by atoms with van der Waals surface area (Å²) in [6, 6.07) is 3.50. The third-order valence-electron chi connectivity index (χ3n) is 4.44. The Labute approximate surface area is 123 Å². The molecule has 0 radical (unpaired) electrons. The molecule has 108 valence electrons. The van der Waals surface area contributed by atoms with Gasteiger partial charge >= 0.3 is 0 Å². The Morgan fingerprint density at radius 3 is 2.95 bits per heavy atom. The first-order chi connectivity index (χ1) is 9.44. The number of nitrogens with one attached hydrogen (secondary N) is 1. The van der Waals surface area contributed by atoms with E-state index in [0.717, 1.165) is 31.5 Å². The van der Waals surface area contributed by atoms with Crippen LogP contribution in [0.2, 0.25) is 5.02 Å². The molecule has 2 atom stereocenters. The molecule has 0 aliphatic carbocycles. The summed E-state index contributed by atoms with van der Waals surface area (Å²) in [7, 11) is 0. The molecule has 1 saturated heterocycles. The molecular weight excluding hydrogens is 276 g/mol. The van der Waals surface area contributed by atoms with Crippen LogP contribution in [0.3, 0.4) is 0 Å². The maximum atomic E-state index is 12.4. The van der Waals surface area contributed by atoms with Crippen LogP contribution in [-0.4, -0.2) is 29.0 Å². The molecule has 0 aromatic heterocycles. The Morgan fingerprint density at radius 2 is 2.25 bits per heavy atom. The van der Waals surface area contributed by atoms with Crippen molar-refractivity contribution in [2.75, 3.05) is 18.4 Å². The highest BCUT2D eigenvalue weighted by atomic mass is 35.5. The average Bonchev–Trinajstić information content (AvgIpc) is 2.68. The van der Waals surface area contributed by atoms with Crippen LogP contribution < -0.4 is 5.32 Å². The fourth-order valence-corrected chi connectivity index (χ4v) is 3.42. The van der Waals surface area contributed by atoms with Crippen molar-refractivity contribution in [3.8, 4) is 0 Å². The lowest BCUT2D eigenvalue weighted by Gasteiger charge is -2.39. The number of carbonyl (C=O) groups excluding carboxylic acids is 1. The quantitative estimate of drug-likeness (QED) is 0.837. The zero-order valence-corrected chi connectivity index (χ0v) is 12.5. The molecule has 1 aromatic carbocycles. The van der Waals surface area contributed by atoms with Crippen LogP contribution in [0, 0.1) is 12.8 Å². The maximum absolute atomic E-state index is 12.4. The minimum absolute atomic E-state index is 0.369. The topological polar surface area (TPSA) is 52.6 Å². The molecule has 1 aromatic rings. The SMILES string of the molecule is Cc1c(Cl)ccc2c1NC(=O)C2(O)N1CCCC(C)C1. The summed E-state index contributed by atoms with van der Waals surface area (Å²) in [5, 5.41) is 14.4. The van der Waals surface area contributed by atoms with Crippen LogP contribution in [0.4, 0.5) is 5.69 Å². The van der Waals surface area contributed by atoms with Crippen LogP contribution >= 0.6 is 11.6 Å². The van der Waals surface area contributed by atoms with Gasteiger partial charge in [0.2, 0.25) is 5.72 Å². The van der Waals surface area contributed by atoms with Gasteiger partial charge in [0.25, 0.3) is 5.91 Å². The molecule has 5 heteroatoms. The molecule has 0 spiro atoms. The third-order valence-corrected chi connectivity index (χ3v) is 4.85. The number of hydrogen-bond acceptors (Lipinski definition) is 3. The van der Waals surface area contributed by atoms with E-state index in [1.165, 1.54) is 0 Å². The summed E-state index contributed by atoms with van der Waals surface area (Å²) in [4.78, 5) is 14.3. The van der Waals surface area contributed by atoms with Gasteiger partial charge in [0.1, 0.15) is 0 Å². The van der Waals surface area contributed by atoms with Gasteiger partial charge in [-0.15, -0.1) is 0 Å². The second kappa shape index (κ2) is 4.72. The monoisotopic (exact) mass is 294 g/mol. The van der Waals surface area contributed by atoms with E-state index in [9.17, 15) is 9.90 Å². The van der Waals surface area contributed by atoms with Crippen LogP contribution in [0.1, 0.15) is 30.9 Å². The van der Waals surface area contributed by atoms with Crippen molar-refractivity contribution in [2.45, 2.75) is 32.4 Å². The summed E-state index contributed by atoms with van der Waals surface area (Å²) in [6.07, 6.45) is 2.14. The van der Waals surface area contributed by atoms with Crippen molar-refractivity contribution >= 4 is 23.2 Å². The van der Waals surface area contributed by atoms with Gasteiger partial charge in [-0.05, 0) is 37.3 Å². The van der Waals surface area contributed by atoms with E-state index in [1.807, 2.05) is 11.8 Å². The fraction of sp³-hybridized carbons (Fsp3) is 0.533. The molecule has 1 fully saturated rings. The first kappa shape index (κ1) is 13.9. The minimum atomic E-state index is -1.56. The van der Waals surface area contributed by atoms with Gasteiger partial charge in [-0.2, -0.15) is 0 Å². The van der Waals surface area contributed by atoms with Crippen LogP contribution in [-0.2, 0) is 10.5 Å². The van der Waals surface area contributed by atoms with E-state index in [-0.39, 0.29) is 5.91 Å². The Hall–Kier alpha value is -1.10. The van der Waals surface area contributed by atoms with Crippen molar-refractivity contribution in [1.29, 1.82) is 0 Å². The summed E-state index contributed by atoms with van der Waals surface area (Å²) < 4.78 is 0. The Balaban J connectivity index is 2.07. The summed E-state index contributed by atoms with van der Waals surface area (Å²) in [5.41, 5.74) is 0.527. The molecule has 2 N–H and O–H groups in total. The second-order valence-electron chi connectivity index (χ2n) is 5.91. The van der Waals surface area contributed by atoms with Gasteiger partial charge in [0, 0.05) is 23.7 Å². The predicted molar refractivity (Wildman–Crippen MR) is 78.7 cm³/mol. The lowest BCUT2D eigenvalue weighted by Crippen LogP contribution is -2.54. The van der Waals surface area contributed by atoms with Gasteiger partial charge in [-0.3, -0.25) is 9.69 Å². The van der Waals surface area contributed by atoms with Crippen LogP contribution in [0.25, 0.3) is 0 Å². The number of rotatable bonds is 1. The number of nitrogens with zero attached hydrogens (tertiary/aromatic N) is 1. The number of fused-ring (bicyclic) bond motifs is 1. The van der Waals surface area contributed by atoms with E-state index in [2.05, 4.69) is 12.2 Å². The highest BCUT2D eigenvalue weighted by Crippen LogP contribution is 2.43. The second-order valence-corrected chi connectivity index (χ2v) is 6.32. The first-order valence-electron chi connectivity index (χ1n) is 7.03. The molecule has 0 bridgehead atoms. The number of anilines is 1. The summed E-state index contributed by atoms with van der Waals surface area (Å²) in [6.45, 7) is 5.46. The van der Waals surface area contributed by atoms with Crippen molar-refractivity contribution in [2.24, 2.45) is 5.92 Å². The van der Waals surface area contributed by atoms with E-state index < -0.39 is 5.72 Å². The molecular formula is C15H19ClN2O2. The average molecular weight is 295 g/mol. The van der Waals surface area contributed by atoms with Crippen LogP contribution in [0.15, 0.2) is 12.1 Å². The number of benzene rings is 1. The molecule has 2 unspecified atom stereocenters. The molecule has 2 heterocycles. The molecule has 4 nitrogen and oxygen atoms in total. The summed E-state index contributed by atoms with van der Waals surface area (Å²) >= 11 is 6.10. The lowest BCUT2D eigenvalue weighted by atomic mass is 9.94. The zero-order valence-electron chi connectivity index (χ0n) is 11.7. The third kappa shape index (κ3) is 1.86. The van der Waals surface area contributed by atoms with Gasteiger partial charge < -0.3 is 10.4 Å². The number of aliphatic hydroxyl groups is 1. The van der Waals surface area contributed by atoms with Gasteiger partial charge in [0.05, 0.1) is 5.69 Å². The van der Waals surface area contributed by atoms with Gasteiger partial charge in [-0.1, -0.05) is 24.6 Å². The smallest absolute Gasteiger partial charge is 0.276 e. The molecule has 2 aliphatic rings. The molecule has 3 rings (SSSR count). The standard InChI is InChI=1S/C15H19ClN2O2/c1-9-4-3-7-18(8-9)15(20)11-5-6-12(16)10(2)13(11)17-14(15)19/h5-6,9,20H,3-4,7-8H2,1-2H3,(H,17,19). The van der Waals surface area contributed by atoms with Crippen molar-refractivity contribution in [1.82, 2.24) is 4.90 Å². The highest BCUT2D eigenvalue weighted by Gasteiger charge is 2.51. The Bertz CT molecular complexity index is 575. The minimum Gasteiger partial charge on any atom is -0.364 e. The fourth-order valence-electron chi connectivity index (χ4n) is 3.26. The van der Waals surface area contributed by atoms with E-state index in [4.69, 9.17) is 11.6 Å². The van der Waals surface area contributed by atoms with Crippen molar-refractivity contribution < 1.29 is 9.90 Å². The number of amides is 1. The maximum Gasteiger partial charge on any atom is 0.276 e. The normalized spacial score (nSPS) is 30.2. The largest absolute Gasteiger partial charge is 0.364 e. The number of piperidine rings is 1. The zero-order chi connectivity index (χ0) is 14.5. The summed E-state index contributed by atoms with van der Waals surface area (Å²) in [5.74, 6) is 0.116. The Kier molecular flexibility index (Phi) is 3.27. The Morgan fingerprint density at radius 1 is 1.50 bits per heavy atom. The molecule has 2 aliphatic heterocycles.